The van der Waals surface area contributed by atoms with E-state index < -0.39 is 5.41 Å². The Kier molecular flexibility index (Phi) is 2.72. The van der Waals surface area contributed by atoms with Gasteiger partial charge in [0.15, 0.2) is 0 Å². The van der Waals surface area contributed by atoms with E-state index in [-0.39, 0.29) is 11.7 Å². The van der Waals surface area contributed by atoms with E-state index in [0.717, 1.165) is 57.8 Å². The third kappa shape index (κ3) is 1.65. The molecule has 5 atom stereocenters. The molecule has 0 aromatic heterocycles. The third-order valence-corrected chi connectivity index (χ3v) is 7.44. The summed E-state index contributed by atoms with van der Waals surface area (Å²) < 4.78 is 8.04. The molecule has 0 spiro atoms. The second-order valence-corrected chi connectivity index (χ2v) is 8.04. The highest BCUT2D eigenvalue weighted by atomic mass is 16.1. The zero-order valence-corrected chi connectivity index (χ0v) is 13.0. The van der Waals surface area contributed by atoms with Crippen molar-refractivity contribution in [1.29, 1.82) is 0 Å². The molecule has 114 valence electrons. The van der Waals surface area contributed by atoms with Crippen LogP contribution in [-0.4, -0.2) is 12.0 Å². The topological polar surface area (TPSA) is 34.1 Å². The Hall–Kier alpha value is -0.920. The average Bonchev–Trinajstić information content (AvgIpc) is 2.82. The summed E-state index contributed by atoms with van der Waals surface area (Å²) in [5, 5.41) is 0. The van der Waals surface area contributed by atoms with E-state index in [1.54, 1.807) is 0 Å². The number of allylic oxidation sites excluding steroid dienone is 2. The van der Waals surface area contributed by atoms with Crippen LogP contribution < -0.4 is 0 Å². The molecule has 4 rings (SSSR count). The normalized spacial score (nSPS) is 49.6. The zero-order chi connectivity index (χ0) is 15.5. The zero-order valence-electron chi connectivity index (χ0n) is 14.0. The number of hydrogen-bond donors (Lipinski definition) is 0. The maximum absolute atomic E-state index is 12.4. The monoisotopic (exact) mass is 287 g/mol. The molecule has 0 saturated heterocycles. The number of aldehydes is 1. The fourth-order valence-corrected chi connectivity index (χ4v) is 6.28. The third-order valence-electron chi connectivity index (χ3n) is 7.44. The van der Waals surface area contributed by atoms with E-state index in [9.17, 15) is 9.59 Å². The Morgan fingerprint density at radius 3 is 2.90 bits per heavy atom. The van der Waals surface area contributed by atoms with Crippen LogP contribution >= 0.6 is 0 Å². The van der Waals surface area contributed by atoms with Crippen LogP contribution in [0.1, 0.15) is 66.1 Å². The second-order valence-electron chi connectivity index (χ2n) is 8.04. The maximum atomic E-state index is 12.4. The molecule has 0 aromatic rings. The predicted molar refractivity (Wildman–Crippen MR) is 81.7 cm³/mol. The van der Waals surface area contributed by atoms with E-state index in [1.807, 2.05) is 0 Å². The van der Waals surface area contributed by atoms with Gasteiger partial charge in [-0.05, 0) is 62.7 Å². The lowest BCUT2D eigenvalue weighted by Gasteiger charge is -2.55. The van der Waals surface area contributed by atoms with Crippen molar-refractivity contribution in [3.05, 3.63) is 11.6 Å². The summed E-state index contributed by atoms with van der Waals surface area (Å²) in [6, 6.07) is 0. The number of fused-ring (bicyclic) bond motifs is 5. The fourth-order valence-electron chi connectivity index (χ4n) is 6.28. The Morgan fingerprint density at radius 2 is 2.10 bits per heavy atom. The fraction of sp³-hybridized carbons (Fsp3) is 0.789. The van der Waals surface area contributed by atoms with Gasteiger partial charge >= 0.3 is 0 Å². The van der Waals surface area contributed by atoms with Gasteiger partial charge in [-0.15, -0.1) is 0 Å². The largest absolute Gasteiger partial charge is 0.302 e. The molecule has 0 aliphatic heterocycles. The van der Waals surface area contributed by atoms with Gasteiger partial charge in [-0.1, -0.05) is 25.0 Å². The van der Waals surface area contributed by atoms with Crippen molar-refractivity contribution in [2.45, 2.75) is 64.7 Å². The lowest BCUT2D eigenvalue weighted by molar-refractivity contribution is -0.134. The molecule has 3 saturated carbocycles. The Bertz CT molecular complexity index is 566. The van der Waals surface area contributed by atoms with Crippen molar-refractivity contribution < 1.29 is 11.0 Å². The summed E-state index contributed by atoms with van der Waals surface area (Å²) in [7, 11) is 0. The molecular weight excluding hydrogens is 260 g/mol. The van der Waals surface area contributed by atoms with E-state index in [4.69, 9.17) is 1.37 Å². The molecule has 2 heteroatoms. The number of Topliss-reactive ketones (excluding diaryl/α,β-unsaturated/α-hetero) is 1. The van der Waals surface area contributed by atoms with Crippen LogP contribution in [0.15, 0.2) is 11.6 Å². The molecule has 0 unspecified atom stereocenters. The van der Waals surface area contributed by atoms with Gasteiger partial charge in [-0.3, -0.25) is 4.79 Å². The van der Waals surface area contributed by atoms with Gasteiger partial charge in [-0.25, -0.2) is 0 Å². The Balaban J connectivity index is 1.77. The Labute approximate surface area is 128 Å². The van der Waals surface area contributed by atoms with Crippen molar-refractivity contribution in [1.82, 2.24) is 0 Å². The standard InChI is InChI=1S/C19H26O2/c1-18-11-9-16-14(15(18)7-8-17(18)21)6-5-13-4-2-3-10-19(13,16)12-20/h5,12,14-16H,2-4,6-11H2,1H3/t14-,15-,16-,18-,19+/m0/s1/i12D. The molecule has 0 amide bonds. The van der Waals surface area contributed by atoms with Gasteiger partial charge in [0.1, 0.15) is 13.4 Å². The van der Waals surface area contributed by atoms with Crippen LogP contribution in [-0.2, 0) is 9.59 Å². The predicted octanol–water partition coefficient (Wildman–Crippen LogP) is 4.09. The van der Waals surface area contributed by atoms with Gasteiger partial charge in [0.05, 0.1) is 0 Å². The molecule has 4 aliphatic rings. The molecule has 0 N–H and O–H groups in total. The summed E-state index contributed by atoms with van der Waals surface area (Å²) >= 11 is 0. The van der Waals surface area contributed by atoms with E-state index in [1.165, 1.54) is 5.57 Å². The number of carbonyl (C=O) groups is 2. The minimum atomic E-state index is -0.492. The molecule has 0 heterocycles. The maximum Gasteiger partial charge on any atom is 0.139 e. The number of carbonyl (C=O) groups excluding carboxylic acids is 2. The smallest absolute Gasteiger partial charge is 0.139 e. The molecule has 0 bridgehead atoms. The molecule has 2 nitrogen and oxygen atoms in total. The van der Waals surface area contributed by atoms with Gasteiger partial charge < -0.3 is 4.79 Å². The first-order valence-electron chi connectivity index (χ1n) is 9.24. The molecule has 0 aromatic carbocycles. The number of ketones is 1. The van der Waals surface area contributed by atoms with Crippen molar-refractivity contribution in [3.8, 4) is 0 Å². The highest BCUT2D eigenvalue weighted by molar-refractivity contribution is 5.87. The van der Waals surface area contributed by atoms with E-state index in [2.05, 4.69) is 13.0 Å². The summed E-state index contributed by atoms with van der Waals surface area (Å²) in [5.74, 6) is 1.65. The van der Waals surface area contributed by atoms with E-state index >= 15 is 0 Å². The number of hydrogen-bond acceptors (Lipinski definition) is 2. The highest BCUT2D eigenvalue weighted by Gasteiger charge is 2.59. The van der Waals surface area contributed by atoms with Gasteiger partial charge in [0.2, 0.25) is 0 Å². The summed E-state index contributed by atoms with van der Waals surface area (Å²) in [6.07, 6.45) is 10.7. The van der Waals surface area contributed by atoms with Gasteiger partial charge in [-0.2, -0.15) is 0 Å². The lowest BCUT2D eigenvalue weighted by atomic mass is 9.48. The summed E-state index contributed by atoms with van der Waals surface area (Å²) in [4.78, 5) is 24.8. The average molecular weight is 287 g/mol. The minimum Gasteiger partial charge on any atom is -0.302 e. The van der Waals surface area contributed by atoms with Crippen molar-refractivity contribution in [3.63, 3.8) is 0 Å². The van der Waals surface area contributed by atoms with Crippen LogP contribution in [0, 0.1) is 28.6 Å². The molecule has 4 aliphatic carbocycles. The molecule has 0 radical (unpaired) electrons. The Morgan fingerprint density at radius 1 is 1.24 bits per heavy atom. The van der Waals surface area contributed by atoms with E-state index in [0.29, 0.717) is 23.5 Å². The van der Waals surface area contributed by atoms with Crippen molar-refractivity contribution >= 4 is 12.0 Å². The summed E-state index contributed by atoms with van der Waals surface area (Å²) in [6.45, 7) is 2.17. The highest BCUT2D eigenvalue weighted by Crippen LogP contribution is 2.63. The SMILES string of the molecule is [2H]C(=O)[C@]12CCCCC1=CC[C@@H]1[C@@H]2CC[C@]2(C)C(=O)CC[C@@H]12. The van der Waals surface area contributed by atoms with Crippen LogP contribution in [0.25, 0.3) is 0 Å². The quantitative estimate of drug-likeness (QED) is 0.538. The number of rotatable bonds is 1. The molecule has 3 fully saturated rings. The van der Waals surface area contributed by atoms with Crippen molar-refractivity contribution in [2.75, 3.05) is 0 Å². The minimum absolute atomic E-state index is 0.145. The molecular formula is C19H26O2. The lowest BCUT2D eigenvalue weighted by Crippen LogP contribution is -2.51. The van der Waals surface area contributed by atoms with Crippen LogP contribution in [0.4, 0.5) is 0 Å². The van der Waals surface area contributed by atoms with Crippen molar-refractivity contribution in [2.24, 2.45) is 28.6 Å². The first-order chi connectivity index (χ1) is 10.5. The van der Waals surface area contributed by atoms with Crippen LogP contribution in [0.2, 0.25) is 0 Å². The van der Waals surface area contributed by atoms with Crippen LogP contribution in [0.5, 0.6) is 0 Å². The van der Waals surface area contributed by atoms with Gasteiger partial charge in [0, 0.05) is 17.3 Å². The molecule has 21 heavy (non-hydrogen) atoms. The first kappa shape index (κ1) is 12.6. The van der Waals surface area contributed by atoms with Gasteiger partial charge in [0.25, 0.3) is 0 Å². The van der Waals surface area contributed by atoms with Crippen LogP contribution in [0.3, 0.4) is 0 Å². The summed E-state index contributed by atoms with van der Waals surface area (Å²) in [5.41, 5.74) is 0.634. The second kappa shape index (κ2) is 4.54. The first-order valence-corrected chi connectivity index (χ1v) is 8.74.